The van der Waals surface area contributed by atoms with E-state index in [2.05, 4.69) is 267 Å². The molecule has 10 aromatic rings. The quantitative estimate of drug-likeness (QED) is 0.128. The molecule has 0 aliphatic heterocycles. The maximum Gasteiger partial charge on any atom is 0.104 e. The molecule has 2 nitrogen and oxygen atoms in total. The zero-order chi connectivity index (χ0) is 43.4. The summed E-state index contributed by atoms with van der Waals surface area (Å²) in [6, 6.07) is 85.2. The lowest BCUT2D eigenvalue weighted by Gasteiger charge is -2.27. The van der Waals surface area contributed by atoms with E-state index in [4.69, 9.17) is 0 Å². The van der Waals surface area contributed by atoms with Crippen LogP contribution in [0.25, 0.3) is 54.9 Å². The smallest absolute Gasteiger partial charge is 0.104 e. The Morgan fingerprint density at radius 2 is 0.578 bits per heavy atom. The van der Waals surface area contributed by atoms with E-state index in [-0.39, 0.29) is 0 Å². The first-order chi connectivity index (χ1) is 31.5. The first-order valence-electron chi connectivity index (χ1n) is 21.9. The number of nitrogens with zero attached hydrogens (tertiary/aromatic N) is 2. The number of aryl methyl sites for hydroxylation is 1. The molecule has 0 atom stereocenters. The summed E-state index contributed by atoms with van der Waals surface area (Å²) < 4.78 is 0. The van der Waals surface area contributed by atoms with Gasteiger partial charge in [0.2, 0.25) is 0 Å². The van der Waals surface area contributed by atoms with Crippen LogP contribution in [-0.4, -0.2) is 0 Å². The van der Waals surface area contributed by atoms with Crippen LogP contribution in [0.2, 0.25) is 0 Å². The first-order valence-corrected chi connectivity index (χ1v) is 22.7. The standard InChI is InChI=1S/C61H48N2S/c1-43-42-58(62(54-32-24-50(25-33-54)46-16-8-4-9-17-46)55-34-26-51(27-35-55)47-18-10-5-11-19-47)40-41-59(43)60-44(2)45(3)61(64-60)63(56-36-28-52(29-37-56)48-20-12-6-13-21-48)57-38-30-53(31-39-57)49-22-14-7-15-23-49/h4-42H,1-3H3. The largest absolute Gasteiger partial charge is 0.310 e. The van der Waals surface area contributed by atoms with Crippen LogP contribution in [0.1, 0.15) is 16.7 Å². The molecule has 64 heavy (non-hydrogen) atoms. The minimum atomic E-state index is 1.11. The van der Waals surface area contributed by atoms with Crippen LogP contribution in [0.15, 0.2) is 237 Å². The predicted molar refractivity (Wildman–Crippen MR) is 275 cm³/mol. The van der Waals surface area contributed by atoms with Gasteiger partial charge in [-0.3, -0.25) is 0 Å². The van der Waals surface area contributed by atoms with Crippen LogP contribution in [0.5, 0.6) is 0 Å². The van der Waals surface area contributed by atoms with Crippen LogP contribution in [0.3, 0.4) is 0 Å². The zero-order valence-electron chi connectivity index (χ0n) is 36.3. The van der Waals surface area contributed by atoms with Crippen LogP contribution in [0.4, 0.5) is 33.4 Å². The average Bonchev–Trinajstić information content (AvgIpc) is 3.65. The van der Waals surface area contributed by atoms with E-state index in [0.29, 0.717) is 0 Å². The highest BCUT2D eigenvalue weighted by molar-refractivity contribution is 7.20. The summed E-state index contributed by atoms with van der Waals surface area (Å²) in [4.78, 5) is 6.09. The zero-order valence-corrected chi connectivity index (χ0v) is 37.1. The summed E-state index contributed by atoms with van der Waals surface area (Å²) in [6.45, 7) is 6.81. The summed E-state index contributed by atoms with van der Waals surface area (Å²) in [5, 5.41) is 1.22. The second kappa shape index (κ2) is 17.9. The van der Waals surface area contributed by atoms with Gasteiger partial charge in [0.05, 0.1) is 0 Å². The Morgan fingerprint density at radius 3 is 0.906 bits per heavy atom. The van der Waals surface area contributed by atoms with Crippen molar-refractivity contribution in [2.75, 3.05) is 9.80 Å². The van der Waals surface area contributed by atoms with Crippen LogP contribution < -0.4 is 9.80 Å². The lowest BCUT2D eigenvalue weighted by Crippen LogP contribution is -2.10. The van der Waals surface area contributed by atoms with Gasteiger partial charge in [-0.2, -0.15) is 0 Å². The fourth-order valence-corrected chi connectivity index (χ4v) is 10.1. The highest BCUT2D eigenvalue weighted by Gasteiger charge is 2.23. The topological polar surface area (TPSA) is 6.48 Å². The molecule has 1 aromatic heterocycles. The summed E-state index contributed by atoms with van der Waals surface area (Å²) in [5.41, 5.74) is 20.3. The Labute approximate surface area is 381 Å². The average molecular weight is 841 g/mol. The highest BCUT2D eigenvalue weighted by atomic mass is 32.1. The molecule has 0 N–H and O–H groups in total. The van der Waals surface area contributed by atoms with Gasteiger partial charge in [0.1, 0.15) is 5.00 Å². The van der Waals surface area contributed by atoms with Crippen molar-refractivity contribution in [2.24, 2.45) is 0 Å². The first kappa shape index (κ1) is 40.4. The van der Waals surface area contributed by atoms with E-state index in [0.717, 1.165) is 28.4 Å². The summed E-state index contributed by atoms with van der Waals surface area (Å²) in [7, 11) is 0. The fraction of sp³-hybridized carbons (Fsp3) is 0.0492. The SMILES string of the molecule is Cc1cc(N(c2ccc(-c3ccccc3)cc2)c2ccc(-c3ccccc3)cc2)ccc1-c1sc(N(c2ccc(-c3ccccc3)cc2)c2ccc(-c3ccccc3)cc2)c(C)c1C. The van der Waals surface area contributed by atoms with E-state index in [1.54, 1.807) is 0 Å². The van der Waals surface area contributed by atoms with Gasteiger partial charge in [-0.25, -0.2) is 0 Å². The van der Waals surface area contributed by atoms with Gasteiger partial charge in [0, 0.05) is 33.3 Å². The molecule has 0 amide bonds. The number of benzene rings is 9. The Morgan fingerprint density at radius 1 is 0.281 bits per heavy atom. The summed E-state index contributed by atoms with van der Waals surface area (Å²) >= 11 is 1.87. The molecule has 0 aliphatic carbocycles. The van der Waals surface area contributed by atoms with E-state index in [1.807, 2.05) is 11.3 Å². The van der Waals surface area contributed by atoms with Gasteiger partial charge in [0.25, 0.3) is 0 Å². The van der Waals surface area contributed by atoms with E-state index >= 15 is 0 Å². The number of rotatable bonds is 11. The van der Waals surface area contributed by atoms with Crippen LogP contribution in [0, 0.1) is 20.8 Å². The molecule has 0 unspecified atom stereocenters. The van der Waals surface area contributed by atoms with Gasteiger partial charge < -0.3 is 9.80 Å². The van der Waals surface area contributed by atoms with Gasteiger partial charge in [0.15, 0.2) is 0 Å². The predicted octanol–water partition coefficient (Wildman–Crippen LogP) is 17.9. The minimum Gasteiger partial charge on any atom is -0.310 e. The second-order valence-electron chi connectivity index (χ2n) is 16.3. The van der Waals surface area contributed by atoms with E-state index in [9.17, 15) is 0 Å². The van der Waals surface area contributed by atoms with Crippen LogP contribution in [-0.2, 0) is 0 Å². The monoisotopic (exact) mass is 840 g/mol. The third-order valence-electron chi connectivity index (χ3n) is 12.3. The van der Waals surface area contributed by atoms with Crippen molar-refractivity contribution < 1.29 is 0 Å². The maximum absolute atomic E-state index is 2.43. The van der Waals surface area contributed by atoms with Crippen molar-refractivity contribution in [3.8, 4) is 54.9 Å². The van der Waals surface area contributed by atoms with Crippen molar-refractivity contribution >= 4 is 44.8 Å². The van der Waals surface area contributed by atoms with Gasteiger partial charge in [-0.05, 0) is 148 Å². The Bertz CT molecular complexity index is 2960. The van der Waals surface area contributed by atoms with Crippen molar-refractivity contribution in [1.82, 2.24) is 0 Å². The number of hydrogen-bond donors (Lipinski definition) is 0. The van der Waals surface area contributed by atoms with Crippen molar-refractivity contribution in [2.45, 2.75) is 20.8 Å². The molecule has 0 aliphatic rings. The molecule has 1 heterocycles. The molecule has 308 valence electrons. The molecule has 9 aromatic carbocycles. The molecule has 10 rings (SSSR count). The Hall–Kier alpha value is -7.72. The van der Waals surface area contributed by atoms with Gasteiger partial charge in [-0.1, -0.05) is 176 Å². The number of thiophene rings is 1. The lowest BCUT2D eigenvalue weighted by atomic mass is 10.0. The van der Waals surface area contributed by atoms with Gasteiger partial charge in [-0.15, -0.1) is 11.3 Å². The third-order valence-corrected chi connectivity index (χ3v) is 13.7. The normalized spacial score (nSPS) is 11.0. The molecule has 0 bridgehead atoms. The molecular weight excluding hydrogens is 793 g/mol. The molecule has 0 fully saturated rings. The molecular formula is C61H48N2S. The fourth-order valence-electron chi connectivity index (χ4n) is 8.66. The van der Waals surface area contributed by atoms with Crippen LogP contribution >= 0.6 is 11.3 Å². The summed E-state index contributed by atoms with van der Waals surface area (Å²) in [6.07, 6.45) is 0. The Balaban J connectivity index is 1.03. The molecule has 0 saturated heterocycles. The lowest BCUT2D eigenvalue weighted by molar-refractivity contribution is 1.27. The molecule has 0 saturated carbocycles. The van der Waals surface area contributed by atoms with Crippen molar-refractivity contribution in [3.05, 3.63) is 253 Å². The molecule has 0 spiro atoms. The van der Waals surface area contributed by atoms with E-state index in [1.165, 1.54) is 76.6 Å². The van der Waals surface area contributed by atoms with E-state index < -0.39 is 0 Å². The third kappa shape index (κ3) is 8.18. The molecule has 3 heteroatoms. The highest BCUT2D eigenvalue weighted by Crippen LogP contribution is 2.49. The number of anilines is 6. The maximum atomic E-state index is 2.43. The van der Waals surface area contributed by atoms with Crippen molar-refractivity contribution in [3.63, 3.8) is 0 Å². The Kier molecular flexibility index (Phi) is 11.3. The summed E-state index contributed by atoms with van der Waals surface area (Å²) in [5.74, 6) is 0. The van der Waals surface area contributed by atoms with Gasteiger partial charge >= 0.3 is 0 Å². The minimum absolute atomic E-state index is 1.11. The number of hydrogen-bond acceptors (Lipinski definition) is 3. The van der Waals surface area contributed by atoms with Crippen molar-refractivity contribution in [1.29, 1.82) is 0 Å². The molecule has 0 radical (unpaired) electrons. The second-order valence-corrected chi connectivity index (χ2v) is 17.3.